The van der Waals surface area contributed by atoms with Gasteiger partial charge in [0.1, 0.15) is 0 Å². The predicted octanol–water partition coefficient (Wildman–Crippen LogP) is 1.64. The van der Waals surface area contributed by atoms with Crippen LogP contribution in [0.3, 0.4) is 0 Å². The lowest BCUT2D eigenvalue weighted by molar-refractivity contribution is -0.971. The van der Waals surface area contributed by atoms with E-state index in [2.05, 4.69) is 20.9 Å². The van der Waals surface area contributed by atoms with E-state index in [0.717, 1.165) is 6.04 Å². The van der Waals surface area contributed by atoms with Gasteiger partial charge in [0, 0.05) is 6.42 Å². The molecule has 0 bridgehead atoms. The molecule has 1 aliphatic heterocycles. The van der Waals surface area contributed by atoms with Crippen molar-refractivity contribution in [2.75, 3.05) is 20.1 Å². The minimum atomic E-state index is 0.981. The predicted molar refractivity (Wildman–Crippen MR) is 40.3 cm³/mol. The van der Waals surface area contributed by atoms with Gasteiger partial charge in [-0.15, -0.1) is 0 Å². The highest BCUT2D eigenvalue weighted by atomic mass is 15.4. The number of hydrogen-bond donors (Lipinski definition) is 0. The molecule has 1 aliphatic rings. The second-order valence-corrected chi connectivity index (χ2v) is 3.37. The second-order valence-electron chi connectivity index (χ2n) is 3.37. The molecule has 1 nitrogen and oxygen atoms in total. The Balaban J connectivity index is 2.41. The maximum absolute atomic E-state index is 2.37. The van der Waals surface area contributed by atoms with Crippen LogP contribution in [0.2, 0.25) is 0 Å². The van der Waals surface area contributed by atoms with Crippen molar-refractivity contribution in [3.05, 3.63) is 0 Å². The molecule has 2 unspecified atom stereocenters. The second kappa shape index (κ2) is 2.30. The van der Waals surface area contributed by atoms with Crippen LogP contribution in [0.15, 0.2) is 0 Å². The average molecular weight is 128 g/mol. The molecule has 1 fully saturated rings. The van der Waals surface area contributed by atoms with E-state index in [-0.39, 0.29) is 0 Å². The van der Waals surface area contributed by atoms with Crippen LogP contribution in [0, 0.1) is 0 Å². The third-order valence-electron chi connectivity index (χ3n) is 3.05. The van der Waals surface area contributed by atoms with Gasteiger partial charge in [0.15, 0.2) is 0 Å². The zero-order valence-electron chi connectivity index (χ0n) is 6.85. The van der Waals surface area contributed by atoms with Gasteiger partial charge in [-0.1, -0.05) is 6.92 Å². The van der Waals surface area contributed by atoms with Gasteiger partial charge in [0.05, 0.1) is 26.2 Å². The van der Waals surface area contributed by atoms with Gasteiger partial charge >= 0.3 is 0 Å². The van der Waals surface area contributed by atoms with Gasteiger partial charge in [0.25, 0.3) is 0 Å². The summed E-state index contributed by atoms with van der Waals surface area (Å²) in [5.41, 5.74) is 0. The quantitative estimate of drug-likeness (QED) is 0.496. The highest BCUT2D eigenvalue weighted by Crippen LogP contribution is 2.27. The zero-order chi connectivity index (χ0) is 6.91. The maximum atomic E-state index is 2.37. The number of quaternary nitrogens is 1. The molecular formula is C8H18N+. The van der Waals surface area contributed by atoms with E-state index >= 15 is 0 Å². The van der Waals surface area contributed by atoms with Crippen molar-refractivity contribution in [1.82, 2.24) is 0 Å². The monoisotopic (exact) mass is 128 g/mol. The molecule has 1 heteroatoms. The first-order chi connectivity index (χ1) is 4.23. The van der Waals surface area contributed by atoms with E-state index in [1.807, 2.05) is 0 Å². The lowest BCUT2D eigenvalue weighted by Crippen LogP contribution is -2.61. The van der Waals surface area contributed by atoms with Crippen molar-refractivity contribution in [2.24, 2.45) is 0 Å². The standard InChI is InChI=1S/C8H18N/c1-4-8-6-7-9(8,3)5-2/h8H,4-7H2,1-3H3/q+1. The highest BCUT2D eigenvalue weighted by Gasteiger charge is 2.38. The Hall–Kier alpha value is -0.0400. The van der Waals surface area contributed by atoms with Crippen LogP contribution in [0.4, 0.5) is 0 Å². The largest absolute Gasteiger partial charge is 0.323 e. The Bertz CT molecular complexity index is 94.7. The minimum Gasteiger partial charge on any atom is -0.323 e. The van der Waals surface area contributed by atoms with Crippen molar-refractivity contribution >= 4 is 0 Å². The zero-order valence-corrected chi connectivity index (χ0v) is 6.85. The van der Waals surface area contributed by atoms with Crippen LogP contribution in [0.25, 0.3) is 0 Å². The van der Waals surface area contributed by atoms with Crippen molar-refractivity contribution in [2.45, 2.75) is 32.7 Å². The van der Waals surface area contributed by atoms with E-state index in [4.69, 9.17) is 0 Å². The summed E-state index contributed by atoms with van der Waals surface area (Å²) in [6.07, 6.45) is 2.82. The molecule has 1 rings (SSSR count). The fourth-order valence-corrected chi connectivity index (χ4v) is 1.81. The third kappa shape index (κ3) is 0.983. The Morgan fingerprint density at radius 2 is 2.11 bits per heavy atom. The Morgan fingerprint density at radius 3 is 2.22 bits per heavy atom. The maximum Gasteiger partial charge on any atom is 0.0939 e. The fraction of sp³-hybridized carbons (Fsp3) is 1.00. The van der Waals surface area contributed by atoms with Crippen molar-refractivity contribution < 1.29 is 4.48 Å². The van der Waals surface area contributed by atoms with E-state index in [1.54, 1.807) is 0 Å². The summed E-state index contributed by atoms with van der Waals surface area (Å²) in [6.45, 7) is 7.32. The molecule has 1 saturated heterocycles. The summed E-state index contributed by atoms with van der Waals surface area (Å²) in [7, 11) is 2.37. The van der Waals surface area contributed by atoms with Crippen molar-refractivity contribution in [1.29, 1.82) is 0 Å². The van der Waals surface area contributed by atoms with Crippen LogP contribution in [-0.2, 0) is 0 Å². The average Bonchev–Trinajstić information content (AvgIpc) is 1.85. The Morgan fingerprint density at radius 1 is 1.44 bits per heavy atom. The fourth-order valence-electron chi connectivity index (χ4n) is 1.81. The van der Waals surface area contributed by atoms with E-state index in [1.165, 1.54) is 30.4 Å². The molecule has 0 aromatic heterocycles. The third-order valence-corrected chi connectivity index (χ3v) is 3.05. The van der Waals surface area contributed by atoms with E-state index in [0.29, 0.717) is 0 Å². The Kier molecular flexibility index (Phi) is 1.80. The van der Waals surface area contributed by atoms with Gasteiger partial charge in [-0.2, -0.15) is 0 Å². The first-order valence-corrected chi connectivity index (χ1v) is 4.07. The Labute approximate surface area is 58.3 Å². The topological polar surface area (TPSA) is 0 Å². The van der Waals surface area contributed by atoms with Gasteiger partial charge in [-0.3, -0.25) is 0 Å². The van der Waals surface area contributed by atoms with E-state index in [9.17, 15) is 0 Å². The van der Waals surface area contributed by atoms with Gasteiger partial charge in [-0.05, 0) is 13.3 Å². The minimum absolute atomic E-state index is 0.981. The number of likely N-dealkylation sites (tertiary alicyclic amines) is 1. The molecule has 0 aromatic rings. The van der Waals surface area contributed by atoms with Crippen LogP contribution in [-0.4, -0.2) is 30.7 Å². The highest BCUT2D eigenvalue weighted by molar-refractivity contribution is 4.66. The normalized spacial score (nSPS) is 42.3. The molecule has 0 amide bonds. The molecule has 0 aliphatic carbocycles. The molecule has 1 heterocycles. The molecule has 0 spiro atoms. The first-order valence-electron chi connectivity index (χ1n) is 4.07. The molecule has 2 atom stereocenters. The summed E-state index contributed by atoms with van der Waals surface area (Å²) in [6, 6.07) is 0.981. The molecule has 0 saturated carbocycles. The van der Waals surface area contributed by atoms with Crippen molar-refractivity contribution in [3.63, 3.8) is 0 Å². The molecule has 9 heavy (non-hydrogen) atoms. The van der Waals surface area contributed by atoms with Gasteiger partial charge in [-0.25, -0.2) is 0 Å². The first kappa shape index (κ1) is 7.07. The number of rotatable bonds is 2. The van der Waals surface area contributed by atoms with Crippen LogP contribution < -0.4 is 0 Å². The summed E-state index contributed by atoms with van der Waals surface area (Å²) < 4.78 is 1.33. The number of hydrogen-bond acceptors (Lipinski definition) is 0. The van der Waals surface area contributed by atoms with Gasteiger partial charge in [0.2, 0.25) is 0 Å². The smallest absolute Gasteiger partial charge is 0.0939 e. The van der Waals surface area contributed by atoms with Crippen LogP contribution in [0.1, 0.15) is 26.7 Å². The SMILES string of the molecule is CCC1CC[N+]1(C)CC. The lowest BCUT2D eigenvalue weighted by atomic mass is 9.97. The summed E-state index contributed by atoms with van der Waals surface area (Å²) in [4.78, 5) is 0. The number of nitrogens with zero attached hydrogens (tertiary/aromatic N) is 1. The molecular weight excluding hydrogens is 110 g/mol. The van der Waals surface area contributed by atoms with E-state index < -0.39 is 0 Å². The summed E-state index contributed by atoms with van der Waals surface area (Å²) in [5, 5.41) is 0. The molecule has 0 aromatic carbocycles. The summed E-state index contributed by atoms with van der Waals surface area (Å²) in [5.74, 6) is 0. The molecule has 54 valence electrons. The van der Waals surface area contributed by atoms with Crippen LogP contribution in [0.5, 0.6) is 0 Å². The lowest BCUT2D eigenvalue weighted by Gasteiger charge is -2.49. The van der Waals surface area contributed by atoms with Gasteiger partial charge < -0.3 is 4.48 Å². The summed E-state index contributed by atoms with van der Waals surface area (Å²) >= 11 is 0. The molecule has 0 radical (unpaired) electrons. The van der Waals surface area contributed by atoms with Crippen LogP contribution >= 0.6 is 0 Å². The van der Waals surface area contributed by atoms with Crippen molar-refractivity contribution in [3.8, 4) is 0 Å². The molecule has 0 N–H and O–H groups in total.